The second-order valence-electron chi connectivity index (χ2n) is 6.50. The summed E-state index contributed by atoms with van der Waals surface area (Å²) in [5.41, 5.74) is 2.93. The number of ether oxygens (including phenoxy) is 1. The first kappa shape index (κ1) is 17.7. The molecule has 2 heterocycles. The molecule has 0 spiro atoms. The Hall–Kier alpha value is -2.72. The average molecular weight is 381 g/mol. The number of para-hydroxylation sites is 2. The lowest BCUT2D eigenvalue weighted by Gasteiger charge is -2.11. The van der Waals surface area contributed by atoms with Crippen molar-refractivity contribution in [2.45, 2.75) is 26.2 Å². The molecule has 0 aliphatic carbocycles. The molecule has 0 radical (unpaired) electrons. The zero-order valence-corrected chi connectivity index (χ0v) is 15.9. The molecule has 0 aliphatic rings. The Morgan fingerprint density at radius 1 is 1.11 bits per heavy atom. The number of rotatable bonds is 7. The van der Waals surface area contributed by atoms with E-state index in [9.17, 15) is 0 Å². The van der Waals surface area contributed by atoms with E-state index < -0.39 is 0 Å². The number of fused-ring (bicyclic) bond motifs is 1. The van der Waals surface area contributed by atoms with E-state index in [1.54, 1.807) is 0 Å². The molecule has 4 aromatic rings. The van der Waals surface area contributed by atoms with Crippen LogP contribution in [0.25, 0.3) is 22.6 Å². The van der Waals surface area contributed by atoms with Gasteiger partial charge in [-0.3, -0.25) is 0 Å². The van der Waals surface area contributed by atoms with E-state index in [0.717, 1.165) is 52.5 Å². The Balaban J connectivity index is 1.56. The molecule has 27 heavy (non-hydrogen) atoms. The second-order valence-corrected chi connectivity index (χ2v) is 6.94. The number of aromatic nitrogens is 2. The first-order valence-electron chi connectivity index (χ1n) is 9.18. The molecule has 0 aliphatic heterocycles. The molecule has 0 amide bonds. The van der Waals surface area contributed by atoms with Crippen LogP contribution in [0.4, 0.5) is 0 Å². The highest BCUT2D eigenvalue weighted by atomic mass is 35.5. The van der Waals surface area contributed by atoms with Crippen molar-refractivity contribution in [3.8, 4) is 17.3 Å². The van der Waals surface area contributed by atoms with Gasteiger partial charge < -0.3 is 14.1 Å². The normalized spacial score (nSPS) is 11.2. The monoisotopic (exact) mass is 380 g/mol. The Kier molecular flexibility index (Phi) is 5.16. The first-order chi connectivity index (χ1) is 13.2. The summed E-state index contributed by atoms with van der Waals surface area (Å²) in [4.78, 5) is 7.88. The molecular formula is C22H21ClN2O2. The first-order valence-corrected chi connectivity index (χ1v) is 9.56. The highest BCUT2D eigenvalue weighted by molar-refractivity contribution is 6.30. The molecule has 2 aromatic heterocycles. The predicted octanol–water partition coefficient (Wildman–Crippen LogP) is 6.25. The summed E-state index contributed by atoms with van der Waals surface area (Å²) in [6.45, 7) is 2.85. The molecular weight excluding hydrogens is 360 g/mol. The van der Waals surface area contributed by atoms with Gasteiger partial charge in [-0.25, -0.2) is 4.98 Å². The van der Waals surface area contributed by atoms with Gasteiger partial charge in [-0.2, -0.15) is 0 Å². The number of aromatic amines is 1. The fraction of sp³-hybridized carbons (Fsp3) is 0.227. The van der Waals surface area contributed by atoms with E-state index in [-0.39, 0.29) is 0 Å². The molecule has 0 saturated carbocycles. The van der Waals surface area contributed by atoms with Crippen LogP contribution in [0, 0.1) is 0 Å². The molecule has 138 valence electrons. The topological polar surface area (TPSA) is 51.0 Å². The van der Waals surface area contributed by atoms with Crippen LogP contribution in [0.2, 0.25) is 5.02 Å². The van der Waals surface area contributed by atoms with Crippen LogP contribution in [0.3, 0.4) is 0 Å². The van der Waals surface area contributed by atoms with Crippen molar-refractivity contribution >= 4 is 22.6 Å². The van der Waals surface area contributed by atoms with Crippen molar-refractivity contribution in [3.05, 3.63) is 70.9 Å². The summed E-state index contributed by atoms with van der Waals surface area (Å²) in [6.07, 6.45) is 2.74. The fourth-order valence-electron chi connectivity index (χ4n) is 3.01. The van der Waals surface area contributed by atoms with Crippen LogP contribution >= 0.6 is 11.6 Å². The van der Waals surface area contributed by atoms with E-state index >= 15 is 0 Å². The Morgan fingerprint density at radius 3 is 2.85 bits per heavy atom. The largest absolute Gasteiger partial charge is 0.493 e. The summed E-state index contributed by atoms with van der Waals surface area (Å²) in [5, 5.41) is 0.692. The highest BCUT2D eigenvalue weighted by Crippen LogP contribution is 2.28. The molecule has 5 heteroatoms. The van der Waals surface area contributed by atoms with E-state index in [0.29, 0.717) is 18.1 Å². The highest BCUT2D eigenvalue weighted by Gasteiger charge is 2.12. The number of imidazole rings is 1. The summed E-state index contributed by atoms with van der Waals surface area (Å²) in [6, 6.07) is 17.6. The quantitative estimate of drug-likeness (QED) is 0.386. The number of halogens is 1. The molecule has 0 atom stereocenters. The fourth-order valence-corrected chi connectivity index (χ4v) is 3.21. The number of furan rings is 1. The minimum Gasteiger partial charge on any atom is -0.493 e. The smallest absolute Gasteiger partial charge is 0.174 e. The maximum atomic E-state index is 6.19. The van der Waals surface area contributed by atoms with Crippen LogP contribution in [0.1, 0.15) is 31.1 Å². The van der Waals surface area contributed by atoms with E-state index in [2.05, 4.69) is 16.9 Å². The Morgan fingerprint density at radius 2 is 2.00 bits per heavy atom. The van der Waals surface area contributed by atoms with Gasteiger partial charge in [-0.15, -0.1) is 0 Å². The number of nitrogens with zero attached hydrogens (tertiary/aromatic N) is 1. The Bertz CT molecular complexity index is 1020. The molecule has 4 nitrogen and oxygen atoms in total. The van der Waals surface area contributed by atoms with Gasteiger partial charge in [0.15, 0.2) is 11.6 Å². The van der Waals surface area contributed by atoms with Crippen molar-refractivity contribution in [1.29, 1.82) is 0 Å². The molecule has 4 rings (SSSR count). The van der Waals surface area contributed by atoms with Gasteiger partial charge in [-0.1, -0.05) is 37.1 Å². The standard InChI is InChI=1S/C22H21ClN2O2/c1-2-3-12-26-20-10-8-16(23)13-15(20)14-17-9-11-21(27-17)22-24-18-6-4-5-7-19(18)25-22/h4-11,13H,2-3,12,14H2,1H3,(H,24,25). The molecule has 1 N–H and O–H groups in total. The second kappa shape index (κ2) is 7.89. The number of nitrogens with one attached hydrogen (secondary N) is 1. The van der Waals surface area contributed by atoms with Gasteiger partial charge in [-0.05, 0) is 48.9 Å². The summed E-state index contributed by atoms with van der Waals surface area (Å²) in [5.74, 6) is 3.15. The Labute approximate surface area is 163 Å². The van der Waals surface area contributed by atoms with Gasteiger partial charge in [0.2, 0.25) is 0 Å². The van der Waals surface area contributed by atoms with E-state index in [1.165, 1.54) is 0 Å². The third-order valence-electron chi connectivity index (χ3n) is 4.43. The van der Waals surface area contributed by atoms with Gasteiger partial charge in [0, 0.05) is 17.0 Å². The molecule has 0 bridgehead atoms. The third kappa shape index (κ3) is 4.01. The maximum absolute atomic E-state index is 6.19. The molecule has 0 saturated heterocycles. The van der Waals surface area contributed by atoms with Crippen LogP contribution in [0.5, 0.6) is 5.75 Å². The van der Waals surface area contributed by atoms with Gasteiger partial charge >= 0.3 is 0 Å². The molecule has 0 unspecified atom stereocenters. The average Bonchev–Trinajstić information content (AvgIpc) is 3.30. The van der Waals surface area contributed by atoms with Crippen molar-refractivity contribution in [2.75, 3.05) is 6.61 Å². The summed E-state index contributed by atoms with van der Waals surface area (Å²) >= 11 is 6.19. The van der Waals surface area contributed by atoms with Crippen molar-refractivity contribution in [2.24, 2.45) is 0 Å². The van der Waals surface area contributed by atoms with Crippen molar-refractivity contribution in [3.63, 3.8) is 0 Å². The summed E-state index contributed by atoms with van der Waals surface area (Å²) < 4.78 is 11.9. The number of hydrogen-bond donors (Lipinski definition) is 1. The number of H-pyrrole nitrogens is 1. The number of unbranched alkanes of at least 4 members (excludes halogenated alkanes) is 1. The number of hydrogen-bond acceptors (Lipinski definition) is 3. The third-order valence-corrected chi connectivity index (χ3v) is 4.66. The molecule has 0 fully saturated rings. The van der Waals surface area contributed by atoms with Crippen molar-refractivity contribution < 1.29 is 9.15 Å². The lowest BCUT2D eigenvalue weighted by atomic mass is 10.1. The van der Waals surface area contributed by atoms with Crippen LogP contribution in [-0.2, 0) is 6.42 Å². The lowest BCUT2D eigenvalue weighted by Crippen LogP contribution is -2.00. The zero-order chi connectivity index (χ0) is 18.6. The van der Waals surface area contributed by atoms with Crippen LogP contribution < -0.4 is 4.74 Å². The van der Waals surface area contributed by atoms with Gasteiger partial charge in [0.1, 0.15) is 11.5 Å². The lowest BCUT2D eigenvalue weighted by molar-refractivity contribution is 0.306. The van der Waals surface area contributed by atoms with Gasteiger partial charge in [0.25, 0.3) is 0 Å². The van der Waals surface area contributed by atoms with E-state index in [1.807, 2.05) is 54.6 Å². The van der Waals surface area contributed by atoms with Crippen LogP contribution in [-0.4, -0.2) is 16.6 Å². The minimum absolute atomic E-state index is 0.613. The SMILES string of the molecule is CCCCOc1ccc(Cl)cc1Cc1ccc(-c2nc3ccccc3[nH]2)o1. The minimum atomic E-state index is 0.613. The number of benzene rings is 2. The predicted molar refractivity (Wildman–Crippen MR) is 108 cm³/mol. The van der Waals surface area contributed by atoms with Gasteiger partial charge in [0.05, 0.1) is 17.6 Å². The maximum Gasteiger partial charge on any atom is 0.174 e. The summed E-state index contributed by atoms with van der Waals surface area (Å²) in [7, 11) is 0. The zero-order valence-electron chi connectivity index (χ0n) is 15.2. The van der Waals surface area contributed by atoms with E-state index in [4.69, 9.17) is 20.8 Å². The van der Waals surface area contributed by atoms with Crippen molar-refractivity contribution in [1.82, 2.24) is 9.97 Å². The van der Waals surface area contributed by atoms with Crippen LogP contribution in [0.15, 0.2) is 59.0 Å². The molecule has 2 aromatic carbocycles.